The van der Waals surface area contributed by atoms with Crippen molar-refractivity contribution in [3.8, 4) is 5.88 Å². The molecule has 0 bridgehead atoms. The number of fused-ring (bicyclic) bond motifs is 4. The van der Waals surface area contributed by atoms with Gasteiger partial charge in [-0.15, -0.1) is 20.4 Å². The van der Waals surface area contributed by atoms with Gasteiger partial charge in [0.1, 0.15) is 5.52 Å². The summed E-state index contributed by atoms with van der Waals surface area (Å²) < 4.78 is 2.15. The second kappa shape index (κ2) is 6.91. The fourth-order valence-electron chi connectivity index (χ4n) is 3.76. The number of nitrogens with zero attached hydrogens (tertiary/aromatic N) is 6. The van der Waals surface area contributed by atoms with E-state index in [0.29, 0.717) is 11.6 Å². The summed E-state index contributed by atoms with van der Waals surface area (Å²) in [5.41, 5.74) is 4.76. The molecule has 0 unspecified atom stereocenters. The quantitative estimate of drug-likeness (QED) is 0.387. The van der Waals surface area contributed by atoms with E-state index >= 15 is 0 Å². The highest BCUT2D eigenvalue weighted by Crippen LogP contribution is 2.36. The molecule has 3 heterocycles. The second-order valence-corrected chi connectivity index (χ2v) is 7.88. The third kappa shape index (κ3) is 2.97. The Morgan fingerprint density at radius 2 is 1.90 bits per heavy atom. The number of aryl methyl sites for hydroxylation is 1. The number of H-pyrrole nitrogens is 1. The van der Waals surface area contributed by atoms with E-state index in [2.05, 4.69) is 54.9 Å². The Morgan fingerprint density at radius 3 is 2.73 bits per heavy atom. The minimum absolute atomic E-state index is 0.0395. The van der Waals surface area contributed by atoms with Crippen molar-refractivity contribution in [2.24, 2.45) is 16.1 Å². The van der Waals surface area contributed by atoms with Crippen molar-refractivity contribution < 1.29 is 5.11 Å². The Labute approximate surface area is 172 Å². The number of azo groups is 1. The normalized spacial score (nSPS) is 12.3. The second-order valence-electron chi connectivity index (χ2n) is 7.88. The fourth-order valence-corrected chi connectivity index (χ4v) is 3.76. The number of aromatic amines is 1. The van der Waals surface area contributed by atoms with Crippen LogP contribution in [0.4, 0.5) is 11.6 Å². The van der Waals surface area contributed by atoms with Crippen LogP contribution in [-0.2, 0) is 6.54 Å². The number of aromatic nitrogens is 5. The molecule has 2 aromatic carbocycles. The van der Waals surface area contributed by atoms with Crippen LogP contribution in [0.5, 0.6) is 5.88 Å². The minimum atomic E-state index is -0.0395. The summed E-state index contributed by atoms with van der Waals surface area (Å²) in [4.78, 5) is 7.54. The molecule has 5 rings (SSSR count). The molecule has 3 aromatic heterocycles. The van der Waals surface area contributed by atoms with Gasteiger partial charge >= 0.3 is 0 Å². The van der Waals surface area contributed by atoms with Crippen LogP contribution in [0.2, 0.25) is 0 Å². The molecule has 0 aliphatic carbocycles. The average molecular weight is 399 g/mol. The van der Waals surface area contributed by atoms with Crippen molar-refractivity contribution in [2.45, 2.75) is 27.3 Å². The van der Waals surface area contributed by atoms with Gasteiger partial charge in [-0.2, -0.15) is 4.98 Å². The highest BCUT2D eigenvalue weighted by Gasteiger charge is 2.16. The Balaban J connectivity index is 1.63. The molecule has 8 nitrogen and oxygen atoms in total. The molecule has 0 aliphatic heterocycles. The number of hydrogen-bond acceptors (Lipinski definition) is 6. The summed E-state index contributed by atoms with van der Waals surface area (Å²) in [5.74, 6) is 0.550. The highest BCUT2D eigenvalue weighted by atomic mass is 16.3. The lowest BCUT2D eigenvalue weighted by Gasteiger charge is -2.09. The maximum Gasteiger partial charge on any atom is 0.289 e. The van der Waals surface area contributed by atoms with Gasteiger partial charge in [0.05, 0.1) is 11.0 Å². The Kier molecular flexibility index (Phi) is 4.20. The van der Waals surface area contributed by atoms with Crippen molar-refractivity contribution in [1.82, 2.24) is 24.7 Å². The van der Waals surface area contributed by atoms with Crippen LogP contribution in [-0.4, -0.2) is 29.8 Å². The monoisotopic (exact) mass is 399 g/mol. The smallest absolute Gasteiger partial charge is 0.289 e. The number of hydrogen-bond donors (Lipinski definition) is 2. The van der Waals surface area contributed by atoms with Crippen molar-refractivity contribution in [2.75, 3.05) is 0 Å². The molecule has 0 atom stereocenters. The van der Waals surface area contributed by atoms with Crippen LogP contribution in [0.3, 0.4) is 0 Å². The van der Waals surface area contributed by atoms with Crippen LogP contribution < -0.4 is 0 Å². The zero-order chi connectivity index (χ0) is 20.8. The van der Waals surface area contributed by atoms with Gasteiger partial charge in [-0.25, -0.2) is 0 Å². The van der Waals surface area contributed by atoms with Crippen molar-refractivity contribution in [1.29, 1.82) is 0 Å². The molecule has 0 saturated carbocycles. The first-order valence-corrected chi connectivity index (χ1v) is 9.86. The lowest BCUT2D eigenvalue weighted by atomic mass is 10.2. The Hall–Kier alpha value is -3.81. The third-order valence-corrected chi connectivity index (χ3v) is 5.06. The summed E-state index contributed by atoms with van der Waals surface area (Å²) in [6.45, 7) is 7.12. The molecule has 0 fully saturated rings. The largest absolute Gasteiger partial charge is 0.493 e. The van der Waals surface area contributed by atoms with Crippen LogP contribution >= 0.6 is 0 Å². The van der Waals surface area contributed by atoms with Crippen molar-refractivity contribution in [3.63, 3.8) is 0 Å². The first-order valence-electron chi connectivity index (χ1n) is 9.86. The summed E-state index contributed by atoms with van der Waals surface area (Å²) in [7, 11) is 0. The molecule has 2 N–H and O–H groups in total. The minimum Gasteiger partial charge on any atom is -0.493 e. The SMILES string of the molecule is Cc1ccc2[nH]c(O)c(N=Nc3nnc4c5ccccc5n(CC(C)C)c4n3)c2c1. The molecule has 150 valence electrons. The summed E-state index contributed by atoms with van der Waals surface area (Å²) in [6, 6.07) is 13.9. The van der Waals surface area contributed by atoms with E-state index in [1.54, 1.807) is 0 Å². The molecule has 0 saturated heterocycles. The number of aromatic hydroxyl groups is 1. The lowest BCUT2D eigenvalue weighted by Crippen LogP contribution is -2.05. The van der Waals surface area contributed by atoms with Gasteiger partial charge in [-0.05, 0) is 31.0 Å². The first kappa shape index (κ1) is 18.2. The maximum absolute atomic E-state index is 10.2. The molecular formula is C22H21N7O. The van der Waals surface area contributed by atoms with E-state index in [4.69, 9.17) is 0 Å². The van der Waals surface area contributed by atoms with Crippen molar-refractivity contribution in [3.05, 3.63) is 48.0 Å². The van der Waals surface area contributed by atoms with Gasteiger partial charge in [0, 0.05) is 17.3 Å². The molecule has 5 aromatic rings. The zero-order valence-electron chi connectivity index (χ0n) is 17.0. The number of benzene rings is 2. The van der Waals surface area contributed by atoms with Gasteiger partial charge in [0.15, 0.2) is 11.3 Å². The summed E-state index contributed by atoms with van der Waals surface area (Å²) in [6.07, 6.45) is 0. The molecular weight excluding hydrogens is 378 g/mol. The topological polar surface area (TPSA) is 104 Å². The van der Waals surface area contributed by atoms with Crippen LogP contribution in [0.15, 0.2) is 52.7 Å². The Morgan fingerprint density at radius 1 is 1.07 bits per heavy atom. The molecule has 0 radical (unpaired) electrons. The predicted molar refractivity (Wildman–Crippen MR) is 117 cm³/mol. The van der Waals surface area contributed by atoms with E-state index in [9.17, 15) is 5.11 Å². The predicted octanol–water partition coefficient (Wildman–Crippen LogP) is 5.55. The van der Waals surface area contributed by atoms with Crippen LogP contribution in [0.1, 0.15) is 19.4 Å². The van der Waals surface area contributed by atoms with Gasteiger partial charge in [0.25, 0.3) is 5.95 Å². The van der Waals surface area contributed by atoms with Gasteiger partial charge in [-0.1, -0.05) is 43.7 Å². The average Bonchev–Trinajstić information content (AvgIpc) is 3.20. The molecule has 30 heavy (non-hydrogen) atoms. The van der Waals surface area contributed by atoms with E-state index in [-0.39, 0.29) is 11.8 Å². The van der Waals surface area contributed by atoms with Gasteiger partial charge in [0.2, 0.25) is 5.88 Å². The van der Waals surface area contributed by atoms with E-state index in [0.717, 1.165) is 45.1 Å². The third-order valence-electron chi connectivity index (χ3n) is 5.06. The summed E-state index contributed by atoms with van der Waals surface area (Å²) in [5, 5.41) is 29.0. The van der Waals surface area contributed by atoms with Gasteiger partial charge in [-0.3, -0.25) is 0 Å². The lowest BCUT2D eigenvalue weighted by molar-refractivity contribution is 0.459. The zero-order valence-corrected chi connectivity index (χ0v) is 17.0. The van der Waals surface area contributed by atoms with Crippen LogP contribution in [0, 0.1) is 12.8 Å². The Bertz CT molecular complexity index is 1430. The van der Waals surface area contributed by atoms with Crippen molar-refractivity contribution >= 4 is 44.6 Å². The summed E-state index contributed by atoms with van der Waals surface area (Å²) >= 11 is 0. The first-order chi connectivity index (χ1) is 14.5. The maximum atomic E-state index is 10.2. The molecule has 0 spiro atoms. The molecule has 8 heteroatoms. The number of rotatable bonds is 4. The van der Waals surface area contributed by atoms with Crippen LogP contribution in [0.25, 0.3) is 33.0 Å². The number of para-hydroxylation sites is 1. The standard InChI is InChI=1S/C22H21N7O/c1-12(2)11-29-17-7-5-4-6-14(17)18-20(29)24-22(27-25-18)28-26-19-15-10-13(3)8-9-16(15)23-21(19)30/h4-10,12,23,30H,11H2,1-3H3. The molecule has 0 aliphatic rings. The van der Waals surface area contributed by atoms with E-state index in [1.165, 1.54) is 0 Å². The van der Waals surface area contributed by atoms with Gasteiger partial charge < -0.3 is 14.7 Å². The molecule has 0 amide bonds. The number of nitrogens with one attached hydrogen (secondary N) is 1. The fraction of sp³-hybridized carbons (Fsp3) is 0.227. The highest BCUT2D eigenvalue weighted by molar-refractivity contribution is 6.04. The van der Waals surface area contributed by atoms with E-state index < -0.39 is 0 Å². The van der Waals surface area contributed by atoms with E-state index in [1.807, 2.05) is 43.3 Å².